The van der Waals surface area contributed by atoms with Crippen molar-refractivity contribution >= 4 is 6.09 Å². The summed E-state index contributed by atoms with van der Waals surface area (Å²) in [5, 5.41) is 0. The van der Waals surface area contributed by atoms with Gasteiger partial charge >= 0.3 is 6.09 Å². The molecule has 0 unspecified atom stereocenters. The number of hydrogen-bond donors (Lipinski definition) is 0. The van der Waals surface area contributed by atoms with E-state index in [1.807, 2.05) is 25.7 Å². The van der Waals surface area contributed by atoms with Crippen LogP contribution in [0.1, 0.15) is 46.5 Å². The first kappa shape index (κ1) is 35.1. The molecule has 236 valence electrons. The lowest BCUT2D eigenvalue weighted by Crippen LogP contribution is -2.49. The highest BCUT2D eigenvalue weighted by molar-refractivity contribution is 5.68. The van der Waals surface area contributed by atoms with Crippen LogP contribution in [0.2, 0.25) is 0 Å². The van der Waals surface area contributed by atoms with Gasteiger partial charge in [-0.2, -0.15) is 0 Å². The Labute approximate surface area is 242 Å². The van der Waals surface area contributed by atoms with Crippen LogP contribution in [-0.2, 0) is 37.9 Å². The summed E-state index contributed by atoms with van der Waals surface area (Å²) < 4.78 is 43.5. The van der Waals surface area contributed by atoms with Gasteiger partial charge in [0.25, 0.3) is 0 Å². The number of hydrogen-bond acceptors (Lipinski definition) is 10. The molecule has 2 fully saturated rings. The summed E-state index contributed by atoms with van der Waals surface area (Å²) in [5.41, 5.74) is -0.0555. The molecule has 40 heavy (non-hydrogen) atoms. The number of ether oxygens (including phenoxy) is 8. The predicted molar refractivity (Wildman–Crippen MR) is 152 cm³/mol. The van der Waals surface area contributed by atoms with Crippen LogP contribution in [0.4, 0.5) is 4.79 Å². The number of carbonyl (C=O) groups excluding carboxylic acids is 1. The van der Waals surface area contributed by atoms with Gasteiger partial charge in [-0.25, -0.2) is 4.79 Å². The highest BCUT2D eigenvalue weighted by Crippen LogP contribution is 2.41. The number of carbonyl (C=O) groups is 1. The molecule has 0 N–H and O–H groups in total. The van der Waals surface area contributed by atoms with Gasteiger partial charge in [0, 0.05) is 26.7 Å². The highest BCUT2D eigenvalue weighted by atomic mass is 16.6. The molecule has 2 aliphatic heterocycles. The van der Waals surface area contributed by atoms with E-state index in [0.29, 0.717) is 84.7 Å². The van der Waals surface area contributed by atoms with Crippen LogP contribution >= 0.6 is 0 Å². The Bertz CT molecular complexity index is 629. The lowest BCUT2D eigenvalue weighted by molar-refractivity contribution is -0.0214. The normalized spacial score (nSPS) is 17.9. The van der Waals surface area contributed by atoms with E-state index in [4.69, 9.17) is 37.9 Å². The van der Waals surface area contributed by atoms with Gasteiger partial charge in [0.05, 0.1) is 85.9 Å². The van der Waals surface area contributed by atoms with Gasteiger partial charge in [-0.1, -0.05) is 0 Å². The molecule has 1 spiro atoms. The molecule has 0 aliphatic carbocycles. The number of nitrogens with zero attached hydrogens (tertiary/aromatic N) is 2. The summed E-state index contributed by atoms with van der Waals surface area (Å²) in [7, 11) is 1.65. The van der Waals surface area contributed by atoms with Gasteiger partial charge in [-0.15, -0.1) is 0 Å². The Morgan fingerprint density at radius 2 is 0.975 bits per heavy atom. The molecule has 0 radical (unpaired) electrons. The molecule has 2 rings (SSSR count). The van der Waals surface area contributed by atoms with Gasteiger partial charge in [0.2, 0.25) is 0 Å². The predicted octanol–water partition coefficient (Wildman–Crippen LogP) is 2.85. The molecule has 0 aromatic rings. The Hall–Kier alpha value is -1.05. The van der Waals surface area contributed by atoms with Crippen molar-refractivity contribution in [2.24, 2.45) is 5.41 Å². The summed E-state index contributed by atoms with van der Waals surface area (Å²) in [6.45, 7) is 18.0. The SMILES string of the molecule is COCCOCCOCCOCCOCCOCCOCCN1CCC2(CC1)CCN(C(=O)OC(C)(C)C)CC2. The van der Waals surface area contributed by atoms with Crippen LogP contribution in [0.5, 0.6) is 0 Å². The van der Waals surface area contributed by atoms with E-state index < -0.39 is 5.60 Å². The minimum Gasteiger partial charge on any atom is -0.444 e. The van der Waals surface area contributed by atoms with Crippen molar-refractivity contribution in [3.05, 3.63) is 0 Å². The molecule has 0 aromatic carbocycles. The van der Waals surface area contributed by atoms with Crippen LogP contribution < -0.4 is 0 Å². The standard InChI is InChI=1S/C29H56N2O9/c1-28(2,3)40-27(32)31-11-7-29(8-12-31)5-9-30(10-6-29)13-14-34-17-18-36-21-22-38-25-26-39-24-23-37-20-19-35-16-15-33-4/h5-26H2,1-4H3. The zero-order chi connectivity index (χ0) is 28.9. The molecule has 11 nitrogen and oxygen atoms in total. The van der Waals surface area contributed by atoms with Crippen molar-refractivity contribution in [1.29, 1.82) is 0 Å². The van der Waals surface area contributed by atoms with Gasteiger partial charge < -0.3 is 47.7 Å². The van der Waals surface area contributed by atoms with Crippen molar-refractivity contribution in [3.8, 4) is 0 Å². The molecular weight excluding hydrogens is 520 g/mol. The number of likely N-dealkylation sites (tertiary alicyclic amines) is 2. The van der Waals surface area contributed by atoms with E-state index in [2.05, 4.69) is 4.90 Å². The van der Waals surface area contributed by atoms with E-state index in [1.54, 1.807) is 7.11 Å². The maximum atomic E-state index is 12.3. The number of rotatable bonds is 21. The van der Waals surface area contributed by atoms with Crippen LogP contribution in [0.25, 0.3) is 0 Å². The molecule has 0 bridgehead atoms. The number of piperidine rings is 2. The van der Waals surface area contributed by atoms with E-state index in [9.17, 15) is 4.79 Å². The van der Waals surface area contributed by atoms with Crippen molar-refractivity contribution in [2.75, 3.05) is 126 Å². The van der Waals surface area contributed by atoms with Crippen molar-refractivity contribution in [2.45, 2.75) is 52.1 Å². The number of amides is 1. The fourth-order valence-electron chi connectivity index (χ4n) is 4.78. The van der Waals surface area contributed by atoms with Gasteiger partial charge in [-0.05, 0) is 65.0 Å². The van der Waals surface area contributed by atoms with Crippen LogP contribution in [0, 0.1) is 5.41 Å². The number of methoxy groups -OCH3 is 1. The molecule has 2 saturated heterocycles. The van der Waals surface area contributed by atoms with Gasteiger partial charge in [-0.3, -0.25) is 0 Å². The van der Waals surface area contributed by atoms with E-state index in [-0.39, 0.29) is 6.09 Å². The zero-order valence-electron chi connectivity index (χ0n) is 25.6. The monoisotopic (exact) mass is 576 g/mol. The molecule has 2 aliphatic rings. The lowest BCUT2D eigenvalue weighted by Gasteiger charge is -2.46. The highest BCUT2D eigenvalue weighted by Gasteiger charge is 2.39. The Kier molecular flexibility index (Phi) is 18.2. The molecule has 0 saturated carbocycles. The summed E-state index contributed by atoms with van der Waals surface area (Å²) in [6, 6.07) is 0. The molecule has 1 amide bonds. The summed E-state index contributed by atoms with van der Waals surface area (Å²) >= 11 is 0. The maximum absolute atomic E-state index is 12.3. The van der Waals surface area contributed by atoms with E-state index >= 15 is 0 Å². The molecular formula is C29H56N2O9. The maximum Gasteiger partial charge on any atom is 0.410 e. The lowest BCUT2D eigenvalue weighted by atomic mass is 9.71. The molecule has 11 heteroatoms. The first-order valence-corrected chi connectivity index (χ1v) is 15.0. The minimum atomic E-state index is -0.437. The summed E-state index contributed by atoms with van der Waals surface area (Å²) in [6.07, 6.45) is 4.37. The average molecular weight is 577 g/mol. The summed E-state index contributed by atoms with van der Waals surface area (Å²) in [4.78, 5) is 16.7. The Morgan fingerprint density at radius 3 is 1.38 bits per heavy atom. The third-order valence-electron chi connectivity index (χ3n) is 7.24. The Morgan fingerprint density at radius 1 is 0.600 bits per heavy atom. The smallest absolute Gasteiger partial charge is 0.410 e. The van der Waals surface area contributed by atoms with E-state index in [1.165, 1.54) is 12.8 Å². The fourth-order valence-corrected chi connectivity index (χ4v) is 4.78. The van der Waals surface area contributed by atoms with Gasteiger partial charge in [0.15, 0.2) is 0 Å². The minimum absolute atomic E-state index is 0.173. The second-order valence-corrected chi connectivity index (χ2v) is 11.5. The summed E-state index contributed by atoms with van der Waals surface area (Å²) in [5.74, 6) is 0. The molecule has 0 atom stereocenters. The molecule has 0 aromatic heterocycles. The largest absolute Gasteiger partial charge is 0.444 e. The van der Waals surface area contributed by atoms with Crippen molar-refractivity contribution < 1.29 is 42.7 Å². The van der Waals surface area contributed by atoms with Crippen molar-refractivity contribution in [1.82, 2.24) is 9.80 Å². The van der Waals surface area contributed by atoms with Crippen LogP contribution in [0.3, 0.4) is 0 Å². The zero-order valence-corrected chi connectivity index (χ0v) is 25.6. The fraction of sp³-hybridized carbons (Fsp3) is 0.966. The van der Waals surface area contributed by atoms with E-state index in [0.717, 1.165) is 52.2 Å². The van der Waals surface area contributed by atoms with Crippen LogP contribution in [-0.4, -0.2) is 147 Å². The molecule has 2 heterocycles. The topological polar surface area (TPSA) is 97.4 Å². The first-order valence-electron chi connectivity index (χ1n) is 15.0. The average Bonchev–Trinajstić information content (AvgIpc) is 2.92. The first-order chi connectivity index (χ1) is 19.3. The second kappa shape index (κ2) is 20.8. The quantitative estimate of drug-likeness (QED) is 0.190. The van der Waals surface area contributed by atoms with Gasteiger partial charge in [0.1, 0.15) is 5.60 Å². The van der Waals surface area contributed by atoms with Crippen molar-refractivity contribution in [3.63, 3.8) is 0 Å². The van der Waals surface area contributed by atoms with Crippen LogP contribution in [0.15, 0.2) is 0 Å². The second-order valence-electron chi connectivity index (χ2n) is 11.5. The Balaban J connectivity index is 1.32. The third-order valence-corrected chi connectivity index (χ3v) is 7.24. The third kappa shape index (κ3) is 16.4.